The number of halogens is 1. The van der Waals surface area contributed by atoms with Crippen LogP contribution < -0.4 is 4.90 Å². The molecule has 1 amide bonds. The number of thiazole rings is 1. The van der Waals surface area contributed by atoms with Crippen molar-refractivity contribution in [2.24, 2.45) is 0 Å². The molecule has 0 unspecified atom stereocenters. The van der Waals surface area contributed by atoms with Gasteiger partial charge in [-0.15, -0.1) is 11.8 Å². The van der Waals surface area contributed by atoms with Crippen molar-refractivity contribution in [1.29, 1.82) is 0 Å². The number of carbonyl (C=O) groups excluding carboxylic acids is 1. The van der Waals surface area contributed by atoms with Gasteiger partial charge in [0, 0.05) is 41.7 Å². The van der Waals surface area contributed by atoms with Crippen LogP contribution in [0.2, 0.25) is 5.02 Å². The average Bonchev–Trinajstić information content (AvgIpc) is 3.11. The SMILES string of the molecule is CCSc1cccc(C(=O)N2CCN(c3nc4ccc(Cl)cc4s3)CC2)c1. The summed E-state index contributed by atoms with van der Waals surface area (Å²) in [5.74, 6) is 1.12. The maximum Gasteiger partial charge on any atom is 0.254 e. The molecule has 0 radical (unpaired) electrons. The lowest BCUT2D eigenvalue weighted by Crippen LogP contribution is -2.48. The minimum atomic E-state index is 0.115. The fraction of sp³-hybridized carbons (Fsp3) is 0.300. The second-order valence-corrected chi connectivity index (χ2v) is 9.13. The molecule has 4 nitrogen and oxygen atoms in total. The van der Waals surface area contributed by atoms with Crippen LogP contribution in [0.3, 0.4) is 0 Å². The van der Waals surface area contributed by atoms with Crippen LogP contribution in [0.25, 0.3) is 10.2 Å². The molecule has 27 heavy (non-hydrogen) atoms. The lowest BCUT2D eigenvalue weighted by atomic mass is 10.2. The number of thioether (sulfide) groups is 1. The van der Waals surface area contributed by atoms with Crippen molar-refractivity contribution in [3.05, 3.63) is 53.1 Å². The van der Waals surface area contributed by atoms with Gasteiger partial charge in [0.15, 0.2) is 5.13 Å². The van der Waals surface area contributed by atoms with Crippen molar-refractivity contribution in [2.75, 3.05) is 36.8 Å². The Labute approximate surface area is 172 Å². The first kappa shape index (κ1) is 18.6. The molecule has 1 aliphatic rings. The Hall–Kier alpha value is -1.76. The van der Waals surface area contributed by atoms with E-state index in [4.69, 9.17) is 16.6 Å². The molecule has 4 rings (SSSR count). The van der Waals surface area contributed by atoms with Crippen LogP contribution in [-0.4, -0.2) is 47.7 Å². The minimum Gasteiger partial charge on any atom is -0.345 e. The first-order valence-electron chi connectivity index (χ1n) is 8.97. The van der Waals surface area contributed by atoms with Crippen molar-refractivity contribution in [2.45, 2.75) is 11.8 Å². The second kappa shape index (κ2) is 8.09. The summed E-state index contributed by atoms with van der Waals surface area (Å²) >= 11 is 9.49. The van der Waals surface area contributed by atoms with Crippen molar-refractivity contribution in [3.8, 4) is 0 Å². The van der Waals surface area contributed by atoms with Gasteiger partial charge >= 0.3 is 0 Å². The van der Waals surface area contributed by atoms with Gasteiger partial charge in [0.25, 0.3) is 5.91 Å². The summed E-state index contributed by atoms with van der Waals surface area (Å²) in [4.78, 5) is 22.9. The molecule has 1 saturated heterocycles. The lowest BCUT2D eigenvalue weighted by Gasteiger charge is -2.34. The summed E-state index contributed by atoms with van der Waals surface area (Å²) in [6.07, 6.45) is 0. The number of carbonyl (C=O) groups is 1. The highest BCUT2D eigenvalue weighted by Crippen LogP contribution is 2.31. The monoisotopic (exact) mass is 417 g/mol. The molecule has 0 aliphatic carbocycles. The molecular weight excluding hydrogens is 398 g/mol. The number of rotatable bonds is 4. The number of aromatic nitrogens is 1. The van der Waals surface area contributed by atoms with Gasteiger partial charge in [-0.1, -0.05) is 35.9 Å². The third kappa shape index (κ3) is 4.08. The maximum absolute atomic E-state index is 12.8. The highest BCUT2D eigenvalue weighted by Gasteiger charge is 2.24. The van der Waals surface area contributed by atoms with Gasteiger partial charge in [-0.25, -0.2) is 4.98 Å². The Balaban J connectivity index is 1.43. The van der Waals surface area contributed by atoms with Gasteiger partial charge in [-0.05, 0) is 42.2 Å². The first-order valence-corrected chi connectivity index (χ1v) is 11.2. The Morgan fingerprint density at radius 2 is 2.00 bits per heavy atom. The van der Waals surface area contributed by atoms with E-state index in [9.17, 15) is 4.79 Å². The molecule has 0 atom stereocenters. The van der Waals surface area contributed by atoms with E-state index >= 15 is 0 Å². The third-order valence-corrected chi connectivity index (χ3v) is 6.76. The minimum absolute atomic E-state index is 0.115. The number of benzene rings is 2. The van der Waals surface area contributed by atoms with Crippen LogP contribution in [0, 0.1) is 0 Å². The molecule has 0 spiro atoms. The summed E-state index contributed by atoms with van der Waals surface area (Å²) in [7, 11) is 0. The Kier molecular flexibility index (Phi) is 5.57. The molecule has 1 fully saturated rings. The van der Waals surface area contributed by atoms with Gasteiger partial charge in [0.1, 0.15) is 0 Å². The summed E-state index contributed by atoms with van der Waals surface area (Å²) < 4.78 is 1.10. The molecule has 3 aromatic rings. The number of piperazine rings is 1. The number of anilines is 1. The lowest BCUT2D eigenvalue weighted by molar-refractivity contribution is 0.0746. The van der Waals surface area contributed by atoms with Gasteiger partial charge in [0.2, 0.25) is 0 Å². The molecule has 0 N–H and O–H groups in total. The number of nitrogens with zero attached hydrogens (tertiary/aromatic N) is 3. The van der Waals surface area contributed by atoms with Crippen LogP contribution in [0.15, 0.2) is 47.4 Å². The van der Waals surface area contributed by atoms with E-state index in [0.29, 0.717) is 13.1 Å². The summed E-state index contributed by atoms with van der Waals surface area (Å²) in [5.41, 5.74) is 1.75. The quantitative estimate of drug-likeness (QED) is 0.558. The van der Waals surface area contributed by atoms with Crippen LogP contribution >= 0.6 is 34.7 Å². The van der Waals surface area contributed by atoms with Crippen LogP contribution in [0.1, 0.15) is 17.3 Å². The molecule has 1 aliphatic heterocycles. The van der Waals surface area contributed by atoms with E-state index in [1.54, 1.807) is 23.1 Å². The predicted octanol–water partition coefficient (Wildman–Crippen LogP) is 5.02. The molecular formula is C20H20ClN3OS2. The smallest absolute Gasteiger partial charge is 0.254 e. The van der Waals surface area contributed by atoms with Crippen molar-refractivity contribution >= 4 is 56.0 Å². The van der Waals surface area contributed by atoms with Crippen molar-refractivity contribution in [1.82, 2.24) is 9.88 Å². The molecule has 7 heteroatoms. The van der Waals surface area contributed by atoms with E-state index in [-0.39, 0.29) is 5.91 Å². The Morgan fingerprint density at radius 3 is 2.78 bits per heavy atom. The molecule has 140 valence electrons. The van der Waals surface area contributed by atoms with Crippen LogP contribution in [0.5, 0.6) is 0 Å². The number of hydrogen-bond donors (Lipinski definition) is 0. The first-order chi connectivity index (χ1) is 13.1. The summed E-state index contributed by atoms with van der Waals surface area (Å²) in [6, 6.07) is 13.7. The largest absolute Gasteiger partial charge is 0.345 e. The van der Waals surface area contributed by atoms with Crippen molar-refractivity contribution < 1.29 is 4.79 Å². The maximum atomic E-state index is 12.8. The second-order valence-electron chi connectivity index (χ2n) is 6.35. The van der Waals surface area contributed by atoms with Crippen molar-refractivity contribution in [3.63, 3.8) is 0 Å². The van der Waals surface area contributed by atoms with E-state index in [1.807, 2.05) is 41.3 Å². The van der Waals surface area contributed by atoms with E-state index in [1.165, 1.54) is 0 Å². The van der Waals surface area contributed by atoms with Crippen LogP contribution in [0.4, 0.5) is 5.13 Å². The number of fused-ring (bicyclic) bond motifs is 1. The molecule has 1 aromatic heterocycles. The normalized spacial score (nSPS) is 14.7. The van der Waals surface area contributed by atoms with E-state index in [0.717, 1.165) is 49.7 Å². The molecule has 2 aromatic carbocycles. The fourth-order valence-corrected chi connectivity index (χ4v) is 5.20. The Morgan fingerprint density at radius 1 is 1.19 bits per heavy atom. The standard InChI is InChI=1S/C20H20ClN3OS2/c1-2-26-16-5-3-4-14(12-16)19(25)23-8-10-24(11-9-23)20-22-17-7-6-15(21)13-18(17)27-20/h3-7,12-13H,2,8-11H2,1H3. The molecule has 0 saturated carbocycles. The van der Waals surface area contributed by atoms with Gasteiger partial charge in [0.05, 0.1) is 10.2 Å². The zero-order valence-electron chi connectivity index (χ0n) is 15.0. The van der Waals surface area contributed by atoms with Gasteiger partial charge < -0.3 is 9.80 Å². The zero-order chi connectivity index (χ0) is 18.8. The van der Waals surface area contributed by atoms with Crippen LogP contribution in [-0.2, 0) is 0 Å². The van der Waals surface area contributed by atoms with E-state index in [2.05, 4.69) is 17.9 Å². The van der Waals surface area contributed by atoms with Gasteiger partial charge in [-0.2, -0.15) is 0 Å². The zero-order valence-corrected chi connectivity index (χ0v) is 17.4. The number of amides is 1. The molecule has 2 heterocycles. The highest BCUT2D eigenvalue weighted by atomic mass is 35.5. The predicted molar refractivity (Wildman–Crippen MR) is 116 cm³/mol. The third-order valence-electron chi connectivity index (χ3n) is 4.57. The fourth-order valence-electron chi connectivity index (χ4n) is 3.19. The van der Waals surface area contributed by atoms with E-state index < -0.39 is 0 Å². The summed E-state index contributed by atoms with van der Waals surface area (Å²) in [5, 5.41) is 1.73. The van der Waals surface area contributed by atoms with Gasteiger partial charge in [-0.3, -0.25) is 4.79 Å². The Bertz CT molecular complexity index is 967. The summed E-state index contributed by atoms with van der Waals surface area (Å²) in [6.45, 7) is 5.13. The molecule has 0 bridgehead atoms. The topological polar surface area (TPSA) is 36.4 Å². The number of hydrogen-bond acceptors (Lipinski definition) is 5. The average molecular weight is 418 g/mol. The highest BCUT2D eigenvalue weighted by molar-refractivity contribution is 7.99.